The molecular formula is C25H30O5. The maximum atomic E-state index is 11.8. The van der Waals surface area contributed by atoms with Crippen molar-refractivity contribution in [1.82, 2.24) is 0 Å². The lowest BCUT2D eigenvalue weighted by molar-refractivity contribution is -0.145. The molecule has 0 saturated carbocycles. The molecular weight excluding hydrogens is 380 g/mol. The van der Waals surface area contributed by atoms with Crippen LogP contribution in [0.25, 0.3) is 0 Å². The molecule has 0 aliphatic carbocycles. The van der Waals surface area contributed by atoms with Gasteiger partial charge in [0.15, 0.2) is 0 Å². The number of unbranched alkanes of at least 4 members (excludes halogenated alkanes) is 4. The van der Waals surface area contributed by atoms with Crippen molar-refractivity contribution in [2.45, 2.75) is 45.1 Å². The third-order valence-electron chi connectivity index (χ3n) is 4.46. The summed E-state index contributed by atoms with van der Waals surface area (Å²) in [4.78, 5) is 23.5. The van der Waals surface area contributed by atoms with Crippen LogP contribution in [0.4, 0.5) is 0 Å². The van der Waals surface area contributed by atoms with Crippen molar-refractivity contribution in [2.24, 2.45) is 0 Å². The monoisotopic (exact) mass is 410 g/mol. The molecule has 0 aliphatic rings. The third-order valence-corrected chi connectivity index (χ3v) is 4.46. The highest BCUT2D eigenvalue weighted by molar-refractivity contribution is 5.89. The second-order valence-electron chi connectivity index (χ2n) is 6.92. The highest BCUT2D eigenvalue weighted by Crippen LogP contribution is 2.14. The van der Waals surface area contributed by atoms with Gasteiger partial charge in [-0.05, 0) is 42.7 Å². The van der Waals surface area contributed by atoms with Crippen LogP contribution in [0.2, 0.25) is 0 Å². The van der Waals surface area contributed by atoms with Crippen molar-refractivity contribution in [3.63, 3.8) is 0 Å². The predicted molar refractivity (Wildman–Crippen MR) is 116 cm³/mol. The standard InChI is InChI=1S/C25H30O5/c1-2-18-29-25(27)22-14-16-23(17-15-22)28-19-10-5-3-4-9-13-24(26)30-20-21-11-7-6-8-12-21/h2,6-8,11-12,14-17H,1,3-5,9-10,13,18-20H2. The molecule has 0 unspecified atom stereocenters. The molecule has 160 valence electrons. The average Bonchev–Trinajstić information content (AvgIpc) is 2.79. The Morgan fingerprint density at radius 1 is 0.833 bits per heavy atom. The number of hydrogen-bond donors (Lipinski definition) is 0. The van der Waals surface area contributed by atoms with E-state index in [2.05, 4.69) is 6.58 Å². The van der Waals surface area contributed by atoms with Crippen LogP contribution >= 0.6 is 0 Å². The second-order valence-corrected chi connectivity index (χ2v) is 6.92. The van der Waals surface area contributed by atoms with E-state index in [1.807, 2.05) is 30.3 Å². The van der Waals surface area contributed by atoms with Crippen LogP contribution in [0, 0.1) is 0 Å². The molecule has 2 aromatic carbocycles. The minimum Gasteiger partial charge on any atom is -0.494 e. The average molecular weight is 411 g/mol. The lowest BCUT2D eigenvalue weighted by Crippen LogP contribution is -2.05. The topological polar surface area (TPSA) is 61.8 Å². The SMILES string of the molecule is C=CCOC(=O)c1ccc(OCCCCCCCC(=O)OCc2ccccc2)cc1. The van der Waals surface area contributed by atoms with E-state index in [9.17, 15) is 9.59 Å². The van der Waals surface area contributed by atoms with E-state index in [0.29, 0.717) is 25.2 Å². The minimum atomic E-state index is -0.370. The zero-order valence-electron chi connectivity index (χ0n) is 17.4. The van der Waals surface area contributed by atoms with E-state index >= 15 is 0 Å². The highest BCUT2D eigenvalue weighted by atomic mass is 16.5. The lowest BCUT2D eigenvalue weighted by Gasteiger charge is -2.07. The van der Waals surface area contributed by atoms with Crippen molar-refractivity contribution >= 4 is 11.9 Å². The van der Waals surface area contributed by atoms with E-state index < -0.39 is 0 Å². The lowest BCUT2D eigenvalue weighted by atomic mass is 10.1. The van der Waals surface area contributed by atoms with Crippen LogP contribution in [0.3, 0.4) is 0 Å². The van der Waals surface area contributed by atoms with Gasteiger partial charge in [0.2, 0.25) is 0 Å². The fourth-order valence-corrected chi connectivity index (χ4v) is 2.81. The summed E-state index contributed by atoms with van der Waals surface area (Å²) >= 11 is 0. The van der Waals surface area contributed by atoms with Crippen molar-refractivity contribution in [3.05, 3.63) is 78.4 Å². The van der Waals surface area contributed by atoms with Gasteiger partial charge in [0.25, 0.3) is 0 Å². The molecule has 0 aromatic heterocycles. The normalized spacial score (nSPS) is 10.3. The first-order valence-electron chi connectivity index (χ1n) is 10.4. The fraction of sp³-hybridized carbons (Fsp3) is 0.360. The maximum Gasteiger partial charge on any atom is 0.338 e. The Morgan fingerprint density at radius 2 is 1.53 bits per heavy atom. The molecule has 5 heteroatoms. The van der Waals surface area contributed by atoms with Crippen molar-refractivity contribution in [1.29, 1.82) is 0 Å². The Morgan fingerprint density at radius 3 is 2.27 bits per heavy atom. The second kappa shape index (κ2) is 14.0. The van der Waals surface area contributed by atoms with E-state index in [0.717, 1.165) is 43.4 Å². The van der Waals surface area contributed by atoms with Crippen LogP contribution in [-0.2, 0) is 20.9 Å². The predicted octanol–water partition coefficient (Wildman–Crippen LogP) is 5.49. The molecule has 30 heavy (non-hydrogen) atoms. The molecule has 0 amide bonds. The van der Waals surface area contributed by atoms with Gasteiger partial charge in [-0.2, -0.15) is 0 Å². The Labute approximate surface area is 178 Å². The van der Waals surface area contributed by atoms with Crippen LogP contribution in [0.15, 0.2) is 67.3 Å². The van der Waals surface area contributed by atoms with Gasteiger partial charge >= 0.3 is 11.9 Å². The smallest absolute Gasteiger partial charge is 0.338 e. The Kier molecular flexibility index (Phi) is 10.8. The summed E-state index contributed by atoms with van der Waals surface area (Å²) in [5.74, 6) is 0.223. The van der Waals surface area contributed by atoms with Crippen LogP contribution < -0.4 is 4.74 Å². The summed E-state index contributed by atoms with van der Waals surface area (Å²) in [6.45, 7) is 4.68. The summed E-state index contributed by atoms with van der Waals surface area (Å²) in [7, 11) is 0. The number of esters is 2. The van der Waals surface area contributed by atoms with E-state index in [1.165, 1.54) is 6.08 Å². The first kappa shape index (κ1) is 23.2. The number of ether oxygens (including phenoxy) is 3. The molecule has 0 atom stereocenters. The number of hydrogen-bond acceptors (Lipinski definition) is 5. The third kappa shape index (κ3) is 9.41. The van der Waals surface area contributed by atoms with Crippen LogP contribution in [0.5, 0.6) is 5.75 Å². The molecule has 0 radical (unpaired) electrons. The molecule has 2 aromatic rings. The van der Waals surface area contributed by atoms with Crippen molar-refractivity contribution in [2.75, 3.05) is 13.2 Å². The quantitative estimate of drug-likeness (QED) is 0.234. The number of carbonyl (C=O) groups is 2. The molecule has 0 bridgehead atoms. The molecule has 0 heterocycles. The first-order valence-corrected chi connectivity index (χ1v) is 10.4. The molecule has 2 rings (SSSR count). The maximum absolute atomic E-state index is 11.8. The van der Waals surface area contributed by atoms with Gasteiger partial charge in [0, 0.05) is 6.42 Å². The largest absolute Gasteiger partial charge is 0.494 e. The summed E-state index contributed by atoms with van der Waals surface area (Å²) in [6.07, 6.45) is 6.90. The summed E-state index contributed by atoms with van der Waals surface area (Å²) in [5.41, 5.74) is 1.50. The van der Waals surface area contributed by atoms with Gasteiger partial charge in [-0.15, -0.1) is 0 Å². The van der Waals surface area contributed by atoms with Gasteiger partial charge in [0.1, 0.15) is 19.0 Å². The van der Waals surface area contributed by atoms with Crippen molar-refractivity contribution in [3.8, 4) is 5.75 Å². The van der Waals surface area contributed by atoms with Crippen LogP contribution in [-0.4, -0.2) is 25.2 Å². The zero-order chi connectivity index (χ0) is 21.4. The van der Waals surface area contributed by atoms with Gasteiger partial charge in [-0.25, -0.2) is 4.79 Å². The highest BCUT2D eigenvalue weighted by Gasteiger charge is 2.06. The van der Waals surface area contributed by atoms with E-state index in [4.69, 9.17) is 14.2 Å². The molecule has 5 nitrogen and oxygen atoms in total. The fourth-order valence-electron chi connectivity index (χ4n) is 2.81. The Balaban J connectivity index is 1.47. The van der Waals surface area contributed by atoms with Gasteiger partial charge in [0.05, 0.1) is 12.2 Å². The molecule has 0 spiro atoms. The molecule has 0 fully saturated rings. The van der Waals surface area contributed by atoms with E-state index in [-0.39, 0.29) is 18.5 Å². The summed E-state index contributed by atoms with van der Waals surface area (Å²) in [6, 6.07) is 16.6. The van der Waals surface area contributed by atoms with Gasteiger partial charge < -0.3 is 14.2 Å². The zero-order valence-corrected chi connectivity index (χ0v) is 17.4. The van der Waals surface area contributed by atoms with Gasteiger partial charge in [-0.1, -0.05) is 62.2 Å². The number of rotatable bonds is 14. The van der Waals surface area contributed by atoms with Crippen LogP contribution in [0.1, 0.15) is 54.4 Å². The first-order chi connectivity index (χ1) is 14.7. The minimum absolute atomic E-state index is 0.140. The number of benzene rings is 2. The Bertz CT molecular complexity index is 768. The molecule has 0 saturated heterocycles. The Hall–Kier alpha value is -3.08. The molecule has 0 N–H and O–H groups in total. The molecule has 0 aliphatic heterocycles. The summed E-state index contributed by atoms with van der Waals surface area (Å²) < 4.78 is 16.0. The number of carbonyl (C=O) groups excluding carboxylic acids is 2. The summed E-state index contributed by atoms with van der Waals surface area (Å²) in [5, 5.41) is 0. The van der Waals surface area contributed by atoms with E-state index in [1.54, 1.807) is 24.3 Å². The van der Waals surface area contributed by atoms with Gasteiger partial charge in [-0.3, -0.25) is 4.79 Å². The van der Waals surface area contributed by atoms with Crippen molar-refractivity contribution < 1.29 is 23.8 Å².